The molecule has 0 heterocycles. The molecule has 0 amide bonds. The maximum absolute atomic E-state index is 11.5. The van der Waals surface area contributed by atoms with E-state index in [1.807, 2.05) is 6.92 Å². The Hall–Kier alpha value is -0.860. The molecular formula is C23H44O3. The van der Waals surface area contributed by atoms with Gasteiger partial charge in [0.25, 0.3) is 0 Å². The Morgan fingerprint density at radius 1 is 0.615 bits per heavy atom. The number of carbonyl (C=O) groups is 2. The van der Waals surface area contributed by atoms with E-state index in [1.54, 1.807) is 0 Å². The van der Waals surface area contributed by atoms with E-state index >= 15 is 0 Å². The zero-order valence-electron chi connectivity index (χ0n) is 17.8. The van der Waals surface area contributed by atoms with Crippen molar-refractivity contribution in [2.24, 2.45) is 5.92 Å². The summed E-state index contributed by atoms with van der Waals surface area (Å²) in [5, 5.41) is 0. The number of ether oxygens (including phenoxy) is 1. The van der Waals surface area contributed by atoms with Gasteiger partial charge in [-0.2, -0.15) is 0 Å². The maximum atomic E-state index is 11.5. The first-order valence-electron chi connectivity index (χ1n) is 11.3. The van der Waals surface area contributed by atoms with Crippen LogP contribution >= 0.6 is 0 Å². The van der Waals surface area contributed by atoms with E-state index in [0.717, 1.165) is 31.6 Å². The monoisotopic (exact) mass is 368 g/mol. The van der Waals surface area contributed by atoms with Crippen molar-refractivity contribution in [2.75, 3.05) is 0 Å². The highest BCUT2D eigenvalue weighted by atomic mass is 16.6. The first-order chi connectivity index (χ1) is 12.6. The zero-order valence-corrected chi connectivity index (χ0v) is 17.8. The van der Waals surface area contributed by atoms with E-state index in [1.165, 1.54) is 70.6 Å². The quantitative estimate of drug-likeness (QED) is 0.144. The molecule has 0 unspecified atom stereocenters. The minimum absolute atomic E-state index is 0.348. The highest BCUT2D eigenvalue weighted by Crippen LogP contribution is 2.14. The van der Waals surface area contributed by atoms with Crippen LogP contribution in [0, 0.1) is 5.92 Å². The van der Waals surface area contributed by atoms with Crippen LogP contribution in [0.3, 0.4) is 0 Å². The Morgan fingerprint density at radius 3 is 1.42 bits per heavy atom. The molecule has 0 aliphatic rings. The van der Waals surface area contributed by atoms with Gasteiger partial charge < -0.3 is 4.74 Å². The number of esters is 2. The molecule has 3 nitrogen and oxygen atoms in total. The van der Waals surface area contributed by atoms with Gasteiger partial charge >= 0.3 is 11.9 Å². The Labute approximate surface area is 162 Å². The summed E-state index contributed by atoms with van der Waals surface area (Å²) in [7, 11) is 0. The van der Waals surface area contributed by atoms with Gasteiger partial charge in [0.15, 0.2) is 0 Å². The first-order valence-corrected chi connectivity index (χ1v) is 11.3. The van der Waals surface area contributed by atoms with Crippen LogP contribution in [0.4, 0.5) is 0 Å². The van der Waals surface area contributed by atoms with Crippen LogP contribution in [0.2, 0.25) is 0 Å². The topological polar surface area (TPSA) is 43.4 Å². The predicted octanol–water partition coefficient (Wildman–Crippen LogP) is 7.36. The van der Waals surface area contributed by atoms with Gasteiger partial charge in [-0.15, -0.1) is 0 Å². The number of rotatable bonds is 18. The van der Waals surface area contributed by atoms with Crippen LogP contribution < -0.4 is 0 Å². The molecule has 0 saturated carbocycles. The normalized spacial score (nSPS) is 11.1. The predicted molar refractivity (Wildman–Crippen MR) is 110 cm³/mol. The summed E-state index contributed by atoms with van der Waals surface area (Å²) in [6.45, 7) is 6.63. The summed E-state index contributed by atoms with van der Waals surface area (Å²) in [6.07, 6.45) is 19.3. The van der Waals surface area contributed by atoms with E-state index in [2.05, 4.69) is 13.8 Å². The third-order valence-electron chi connectivity index (χ3n) is 4.87. The van der Waals surface area contributed by atoms with Crippen molar-refractivity contribution in [2.45, 2.75) is 130 Å². The number of hydrogen-bond acceptors (Lipinski definition) is 3. The molecule has 0 atom stereocenters. The lowest BCUT2D eigenvalue weighted by Crippen LogP contribution is -2.11. The highest BCUT2D eigenvalue weighted by Gasteiger charge is 2.09. The summed E-state index contributed by atoms with van der Waals surface area (Å²) < 4.78 is 4.79. The van der Waals surface area contributed by atoms with Gasteiger partial charge in [-0.3, -0.25) is 9.59 Å². The van der Waals surface area contributed by atoms with Crippen molar-refractivity contribution >= 4 is 11.9 Å². The summed E-state index contributed by atoms with van der Waals surface area (Å²) in [5.74, 6) is 0.144. The van der Waals surface area contributed by atoms with E-state index in [4.69, 9.17) is 4.74 Å². The van der Waals surface area contributed by atoms with Crippen molar-refractivity contribution in [3.05, 3.63) is 0 Å². The Morgan fingerprint density at radius 2 is 1.00 bits per heavy atom. The average molecular weight is 369 g/mol. The van der Waals surface area contributed by atoms with Gasteiger partial charge in [0.05, 0.1) is 0 Å². The van der Waals surface area contributed by atoms with Gasteiger partial charge in [-0.1, -0.05) is 104 Å². The van der Waals surface area contributed by atoms with Crippen molar-refractivity contribution in [1.82, 2.24) is 0 Å². The molecule has 0 saturated heterocycles. The third kappa shape index (κ3) is 19.5. The SMILES string of the molecule is CCCCC(=O)OC(=O)CCCCCCCCCCCCCCC(C)C. The van der Waals surface area contributed by atoms with Crippen molar-refractivity contribution in [3.8, 4) is 0 Å². The van der Waals surface area contributed by atoms with E-state index < -0.39 is 0 Å². The molecule has 26 heavy (non-hydrogen) atoms. The van der Waals surface area contributed by atoms with Gasteiger partial charge in [0.1, 0.15) is 0 Å². The van der Waals surface area contributed by atoms with E-state index in [9.17, 15) is 9.59 Å². The van der Waals surface area contributed by atoms with Gasteiger partial charge in [0.2, 0.25) is 0 Å². The molecule has 0 aromatic rings. The molecule has 0 spiro atoms. The Bertz CT molecular complexity index is 336. The molecule has 0 aliphatic carbocycles. The van der Waals surface area contributed by atoms with Crippen LogP contribution in [0.1, 0.15) is 130 Å². The molecule has 0 aliphatic heterocycles. The lowest BCUT2D eigenvalue weighted by molar-refractivity contribution is -0.159. The minimum Gasteiger partial charge on any atom is -0.393 e. The molecule has 0 N–H and O–H groups in total. The Balaban J connectivity index is 3.21. The van der Waals surface area contributed by atoms with E-state index in [0.29, 0.717) is 12.8 Å². The number of carbonyl (C=O) groups excluding carboxylic acids is 2. The first kappa shape index (κ1) is 25.1. The van der Waals surface area contributed by atoms with Gasteiger partial charge in [-0.05, 0) is 18.8 Å². The molecular weight excluding hydrogens is 324 g/mol. The second-order valence-electron chi connectivity index (χ2n) is 8.12. The molecule has 3 heteroatoms. The maximum Gasteiger partial charge on any atom is 0.313 e. The standard InChI is InChI=1S/C23H44O3/c1-4-5-19-22(24)26-23(25)20-17-15-13-11-9-7-6-8-10-12-14-16-18-21(2)3/h21H,4-20H2,1-3H3. The second kappa shape index (κ2) is 18.9. The molecule has 154 valence electrons. The summed E-state index contributed by atoms with van der Waals surface area (Å²) in [5.41, 5.74) is 0. The van der Waals surface area contributed by atoms with E-state index in [-0.39, 0.29) is 11.9 Å². The van der Waals surface area contributed by atoms with Gasteiger partial charge in [0, 0.05) is 12.8 Å². The van der Waals surface area contributed by atoms with Crippen LogP contribution in [-0.4, -0.2) is 11.9 Å². The molecule has 0 fully saturated rings. The number of unbranched alkanes of at least 4 members (excludes halogenated alkanes) is 12. The van der Waals surface area contributed by atoms with Crippen molar-refractivity contribution in [3.63, 3.8) is 0 Å². The molecule has 0 bridgehead atoms. The fourth-order valence-electron chi connectivity index (χ4n) is 3.14. The number of hydrogen-bond donors (Lipinski definition) is 0. The molecule has 0 rings (SSSR count). The van der Waals surface area contributed by atoms with Gasteiger partial charge in [-0.25, -0.2) is 0 Å². The van der Waals surface area contributed by atoms with Crippen LogP contribution in [0.15, 0.2) is 0 Å². The zero-order chi connectivity index (χ0) is 19.5. The highest BCUT2D eigenvalue weighted by molar-refractivity contribution is 5.85. The smallest absolute Gasteiger partial charge is 0.313 e. The average Bonchev–Trinajstić information content (AvgIpc) is 2.59. The molecule has 0 radical (unpaired) electrons. The van der Waals surface area contributed by atoms with Crippen molar-refractivity contribution < 1.29 is 14.3 Å². The second-order valence-corrected chi connectivity index (χ2v) is 8.12. The van der Waals surface area contributed by atoms with Crippen LogP contribution in [-0.2, 0) is 14.3 Å². The summed E-state index contributed by atoms with van der Waals surface area (Å²) >= 11 is 0. The minimum atomic E-state index is -0.364. The largest absolute Gasteiger partial charge is 0.393 e. The lowest BCUT2D eigenvalue weighted by atomic mass is 10.0. The Kier molecular flexibility index (Phi) is 18.3. The summed E-state index contributed by atoms with van der Waals surface area (Å²) in [6, 6.07) is 0. The van der Waals surface area contributed by atoms with Crippen LogP contribution in [0.25, 0.3) is 0 Å². The lowest BCUT2D eigenvalue weighted by Gasteiger charge is -2.05. The fraction of sp³-hybridized carbons (Fsp3) is 0.913. The molecule has 0 aromatic heterocycles. The van der Waals surface area contributed by atoms with Crippen LogP contribution in [0.5, 0.6) is 0 Å². The third-order valence-corrected chi connectivity index (χ3v) is 4.87. The van der Waals surface area contributed by atoms with Crippen molar-refractivity contribution in [1.29, 1.82) is 0 Å². The fourth-order valence-corrected chi connectivity index (χ4v) is 3.14. The summed E-state index contributed by atoms with van der Waals surface area (Å²) in [4.78, 5) is 22.8. The molecule has 0 aromatic carbocycles.